The van der Waals surface area contributed by atoms with Gasteiger partial charge in [-0.25, -0.2) is 9.97 Å². The van der Waals surface area contributed by atoms with Crippen LogP contribution in [0.3, 0.4) is 0 Å². The van der Waals surface area contributed by atoms with Gasteiger partial charge in [0.1, 0.15) is 5.82 Å². The van der Waals surface area contributed by atoms with Crippen molar-refractivity contribution >= 4 is 11.7 Å². The Labute approximate surface area is 104 Å². The molecular weight excluding hydrogens is 230 g/mol. The number of primary amides is 1. The summed E-state index contributed by atoms with van der Waals surface area (Å²) >= 11 is 0. The summed E-state index contributed by atoms with van der Waals surface area (Å²) in [7, 11) is 0. The number of aryl methyl sites for hydroxylation is 2. The molecule has 0 atom stereocenters. The summed E-state index contributed by atoms with van der Waals surface area (Å²) in [5.41, 5.74) is 13.5. The molecule has 0 spiro atoms. The molecule has 92 valence electrons. The van der Waals surface area contributed by atoms with E-state index in [-0.39, 0.29) is 11.4 Å². The number of amides is 1. The van der Waals surface area contributed by atoms with Gasteiger partial charge in [-0.2, -0.15) is 0 Å². The minimum atomic E-state index is -0.638. The molecule has 0 fully saturated rings. The van der Waals surface area contributed by atoms with Crippen molar-refractivity contribution in [3.05, 3.63) is 35.3 Å². The predicted molar refractivity (Wildman–Crippen MR) is 67.7 cm³/mol. The highest BCUT2D eigenvalue weighted by Gasteiger charge is 2.10. The normalized spacial score (nSPS) is 10.3. The number of nitrogens with two attached hydrogens (primary N) is 2. The molecule has 4 N–H and O–H groups in total. The van der Waals surface area contributed by atoms with E-state index in [9.17, 15) is 4.79 Å². The van der Waals surface area contributed by atoms with Gasteiger partial charge in [0.05, 0.1) is 5.56 Å². The highest BCUT2D eigenvalue weighted by atomic mass is 16.1. The van der Waals surface area contributed by atoms with Gasteiger partial charge in [0.25, 0.3) is 5.91 Å². The first-order valence-electron chi connectivity index (χ1n) is 5.35. The van der Waals surface area contributed by atoms with E-state index in [1.807, 2.05) is 26.0 Å². The van der Waals surface area contributed by atoms with Crippen LogP contribution in [0.25, 0.3) is 11.4 Å². The summed E-state index contributed by atoms with van der Waals surface area (Å²) in [6.07, 6.45) is 1.34. The van der Waals surface area contributed by atoms with Crippen molar-refractivity contribution in [1.82, 2.24) is 15.0 Å². The van der Waals surface area contributed by atoms with Crippen LogP contribution < -0.4 is 11.5 Å². The van der Waals surface area contributed by atoms with Gasteiger partial charge >= 0.3 is 0 Å². The molecular formula is C12H13N5O. The van der Waals surface area contributed by atoms with E-state index < -0.39 is 5.91 Å². The second-order valence-electron chi connectivity index (χ2n) is 4.00. The zero-order valence-corrected chi connectivity index (χ0v) is 10.1. The fourth-order valence-corrected chi connectivity index (χ4v) is 1.69. The average Bonchev–Trinajstić information content (AvgIpc) is 2.26. The van der Waals surface area contributed by atoms with E-state index in [4.69, 9.17) is 11.5 Å². The highest BCUT2D eigenvalue weighted by Crippen LogP contribution is 2.18. The van der Waals surface area contributed by atoms with E-state index in [0.717, 1.165) is 17.0 Å². The molecule has 2 aromatic rings. The van der Waals surface area contributed by atoms with E-state index >= 15 is 0 Å². The summed E-state index contributed by atoms with van der Waals surface area (Å²) in [5, 5.41) is 0. The van der Waals surface area contributed by atoms with Crippen LogP contribution in [-0.2, 0) is 0 Å². The maximum Gasteiger partial charge on any atom is 0.254 e. The van der Waals surface area contributed by atoms with Crippen molar-refractivity contribution in [2.75, 3.05) is 5.73 Å². The maximum absolute atomic E-state index is 11.0. The third-order valence-corrected chi connectivity index (χ3v) is 2.42. The number of pyridine rings is 1. The van der Waals surface area contributed by atoms with Crippen molar-refractivity contribution in [2.24, 2.45) is 5.73 Å². The Morgan fingerprint density at radius 1 is 1.17 bits per heavy atom. The third-order valence-electron chi connectivity index (χ3n) is 2.42. The molecule has 6 heteroatoms. The lowest BCUT2D eigenvalue weighted by Crippen LogP contribution is -2.15. The number of nitrogen functional groups attached to an aromatic ring is 1. The largest absolute Gasteiger partial charge is 0.383 e. The van der Waals surface area contributed by atoms with Crippen LogP contribution >= 0.6 is 0 Å². The minimum Gasteiger partial charge on any atom is -0.383 e. The lowest BCUT2D eigenvalue weighted by Gasteiger charge is -2.05. The number of hydrogen-bond donors (Lipinski definition) is 2. The fraction of sp³-hybridized carbons (Fsp3) is 0.167. The molecule has 0 aliphatic rings. The number of carbonyl (C=O) groups is 1. The van der Waals surface area contributed by atoms with Crippen molar-refractivity contribution < 1.29 is 4.79 Å². The molecule has 1 amide bonds. The van der Waals surface area contributed by atoms with E-state index in [2.05, 4.69) is 15.0 Å². The lowest BCUT2D eigenvalue weighted by atomic mass is 10.2. The predicted octanol–water partition coefficient (Wildman–Crippen LogP) is 0.837. The highest BCUT2D eigenvalue weighted by molar-refractivity contribution is 5.96. The fourth-order valence-electron chi connectivity index (χ4n) is 1.69. The Morgan fingerprint density at radius 2 is 1.78 bits per heavy atom. The van der Waals surface area contributed by atoms with Gasteiger partial charge in [0.15, 0.2) is 5.82 Å². The van der Waals surface area contributed by atoms with Gasteiger partial charge in [-0.1, -0.05) is 0 Å². The molecule has 0 bridgehead atoms. The molecule has 0 saturated heterocycles. The first-order chi connectivity index (χ1) is 8.47. The third kappa shape index (κ3) is 2.27. The van der Waals surface area contributed by atoms with Gasteiger partial charge in [-0.15, -0.1) is 0 Å². The zero-order valence-electron chi connectivity index (χ0n) is 10.1. The number of nitrogens with zero attached hydrogens (tertiary/aromatic N) is 3. The SMILES string of the molecule is Cc1cc(-c2ncc(C(N)=O)c(N)n2)cc(C)n1. The van der Waals surface area contributed by atoms with Crippen molar-refractivity contribution in [2.45, 2.75) is 13.8 Å². The number of rotatable bonds is 2. The van der Waals surface area contributed by atoms with Crippen LogP contribution in [0.1, 0.15) is 21.7 Å². The zero-order chi connectivity index (χ0) is 13.3. The molecule has 0 aromatic carbocycles. The summed E-state index contributed by atoms with van der Waals surface area (Å²) < 4.78 is 0. The molecule has 0 saturated carbocycles. The van der Waals surface area contributed by atoms with Crippen LogP contribution in [0, 0.1) is 13.8 Å². The van der Waals surface area contributed by atoms with Crippen LogP contribution in [0.2, 0.25) is 0 Å². The summed E-state index contributed by atoms with van der Waals surface area (Å²) in [5.74, 6) is -0.105. The molecule has 6 nitrogen and oxygen atoms in total. The smallest absolute Gasteiger partial charge is 0.254 e. The molecule has 2 aromatic heterocycles. The summed E-state index contributed by atoms with van der Waals surface area (Å²) in [6.45, 7) is 3.77. The van der Waals surface area contributed by atoms with E-state index in [0.29, 0.717) is 5.82 Å². The van der Waals surface area contributed by atoms with Crippen LogP contribution in [0.4, 0.5) is 5.82 Å². The quantitative estimate of drug-likeness (QED) is 0.812. The van der Waals surface area contributed by atoms with Gasteiger partial charge in [0, 0.05) is 23.1 Å². The molecule has 2 heterocycles. The average molecular weight is 243 g/mol. The van der Waals surface area contributed by atoms with Crippen LogP contribution in [0.5, 0.6) is 0 Å². The minimum absolute atomic E-state index is 0.0830. The Bertz CT molecular complexity index is 604. The molecule has 2 rings (SSSR count). The summed E-state index contributed by atoms with van der Waals surface area (Å²) in [6, 6.07) is 3.71. The van der Waals surface area contributed by atoms with E-state index in [1.165, 1.54) is 6.20 Å². The lowest BCUT2D eigenvalue weighted by molar-refractivity contribution is 0.100. The first kappa shape index (κ1) is 12.0. The number of anilines is 1. The Morgan fingerprint density at radius 3 is 2.28 bits per heavy atom. The van der Waals surface area contributed by atoms with Gasteiger partial charge in [0.2, 0.25) is 0 Å². The second-order valence-corrected chi connectivity index (χ2v) is 4.00. The van der Waals surface area contributed by atoms with Gasteiger partial charge < -0.3 is 11.5 Å². The van der Waals surface area contributed by atoms with E-state index in [1.54, 1.807) is 0 Å². The molecule has 0 aliphatic carbocycles. The Balaban J connectivity index is 2.52. The van der Waals surface area contributed by atoms with Crippen LogP contribution in [-0.4, -0.2) is 20.9 Å². The topological polar surface area (TPSA) is 108 Å². The van der Waals surface area contributed by atoms with Crippen molar-refractivity contribution in [3.8, 4) is 11.4 Å². The summed E-state index contributed by atoms with van der Waals surface area (Å²) in [4.78, 5) is 23.5. The number of carbonyl (C=O) groups excluding carboxylic acids is 1. The number of aromatic nitrogens is 3. The molecule has 18 heavy (non-hydrogen) atoms. The van der Waals surface area contributed by atoms with Gasteiger partial charge in [-0.3, -0.25) is 9.78 Å². The number of hydrogen-bond acceptors (Lipinski definition) is 5. The van der Waals surface area contributed by atoms with Gasteiger partial charge in [-0.05, 0) is 26.0 Å². The van der Waals surface area contributed by atoms with Crippen molar-refractivity contribution in [1.29, 1.82) is 0 Å². The maximum atomic E-state index is 11.0. The molecule has 0 unspecified atom stereocenters. The molecule has 0 aliphatic heterocycles. The van der Waals surface area contributed by atoms with Crippen LogP contribution in [0.15, 0.2) is 18.3 Å². The second kappa shape index (κ2) is 4.40. The standard InChI is InChI=1S/C12H13N5O/c1-6-3-8(4-7(2)16-6)12-15-5-9(11(14)18)10(13)17-12/h3-5H,1-2H3,(H2,14,18)(H2,13,15,17). The Kier molecular flexibility index (Phi) is 2.93. The Hall–Kier alpha value is -2.50. The monoisotopic (exact) mass is 243 g/mol. The molecule has 0 radical (unpaired) electrons. The first-order valence-corrected chi connectivity index (χ1v) is 5.35. The van der Waals surface area contributed by atoms with Crippen molar-refractivity contribution in [3.63, 3.8) is 0 Å².